The Morgan fingerprint density at radius 2 is 2.24 bits per heavy atom. The lowest BCUT2D eigenvalue weighted by Crippen LogP contribution is -2.38. The maximum Gasteiger partial charge on any atom is 0.274 e. The summed E-state index contributed by atoms with van der Waals surface area (Å²) in [6, 6.07) is 10.8. The van der Waals surface area contributed by atoms with Gasteiger partial charge in [-0.2, -0.15) is 10.4 Å². The van der Waals surface area contributed by atoms with Crippen LogP contribution in [-0.2, 0) is 9.47 Å². The summed E-state index contributed by atoms with van der Waals surface area (Å²) in [5.74, 6) is -0.142. The number of aromatic nitrogens is 2. The van der Waals surface area contributed by atoms with Crippen LogP contribution < -0.4 is 0 Å². The van der Waals surface area contributed by atoms with Crippen molar-refractivity contribution in [2.24, 2.45) is 0 Å². The van der Waals surface area contributed by atoms with Crippen LogP contribution in [0.3, 0.4) is 0 Å². The van der Waals surface area contributed by atoms with Crippen LogP contribution >= 0.6 is 0 Å². The molecule has 25 heavy (non-hydrogen) atoms. The minimum Gasteiger partial charge on any atom is -0.383 e. The van der Waals surface area contributed by atoms with Gasteiger partial charge < -0.3 is 14.4 Å². The maximum absolute atomic E-state index is 12.8. The van der Waals surface area contributed by atoms with E-state index in [1.165, 1.54) is 0 Å². The molecule has 0 spiro atoms. The fraction of sp³-hybridized carbons (Fsp3) is 0.389. The lowest BCUT2D eigenvalue weighted by molar-refractivity contribution is 0.0606. The highest BCUT2D eigenvalue weighted by atomic mass is 16.5. The van der Waals surface area contributed by atoms with Crippen molar-refractivity contribution in [3.63, 3.8) is 0 Å². The molecule has 2 heterocycles. The molecule has 1 saturated heterocycles. The largest absolute Gasteiger partial charge is 0.383 e. The van der Waals surface area contributed by atoms with Gasteiger partial charge >= 0.3 is 0 Å². The van der Waals surface area contributed by atoms with Crippen molar-refractivity contribution in [1.82, 2.24) is 14.7 Å². The molecule has 7 nitrogen and oxygen atoms in total. The van der Waals surface area contributed by atoms with Gasteiger partial charge in [0.2, 0.25) is 0 Å². The Bertz CT molecular complexity index is 796. The molecule has 1 amide bonds. The van der Waals surface area contributed by atoms with Gasteiger partial charge in [-0.15, -0.1) is 0 Å². The van der Waals surface area contributed by atoms with Gasteiger partial charge in [-0.1, -0.05) is 6.07 Å². The fourth-order valence-corrected chi connectivity index (χ4v) is 3.09. The molecule has 0 bridgehead atoms. The molecule has 0 aliphatic carbocycles. The smallest absolute Gasteiger partial charge is 0.274 e. The summed E-state index contributed by atoms with van der Waals surface area (Å²) in [6.45, 7) is 0.997. The van der Waals surface area contributed by atoms with Crippen LogP contribution in [0.1, 0.15) is 22.5 Å². The molecule has 3 rings (SSSR count). The molecule has 0 radical (unpaired) electrons. The summed E-state index contributed by atoms with van der Waals surface area (Å²) in [4.78, 5) is 14.6. The second kappa shape index (κ2) is 7.47. The van der Waals surface area contributed by atoms with Crippen molar-refractivity contribution >= 4 is 5.91 Å². The Morgan fingerprint density at radius 1 is 1.40 bits per heavy atom. The maximum atomic E-state index is 12.8. The van der Waals surface area contributed by atoms with Crippen molar-refractivity contribution in [3.05, 3.63) is 47.8 Å². The molecule has 2 atom stereocenters. The highest BCUT2D eigenvalue weighted by Gasteiger charge is 2.36. The van der Waals surface area contributed by atoms with Crippen molar-refractivity contribution in [2.75, 3.05) is 27.4 Å². The summed E-state index contributed by atoms with van der Waals surface area (Å²) in [5, 5.41) is 13.4. The predicted octanol–water partition coefficient (Wildman–Crippen LogP) is 1.62. The third-order valence-electron chi connectivity index (χ3n) is 4.38. The van der Waals surface area contributed by atoms with Gasteiger partial charge in [0.15, 0.2) is 5.69 Å². The van der Waals surface area contributed by atoms with Crippen LogP contribution in [0.2, 0.25) is 0 Å². The minimum atomic E-state index is -0.142. The molecule has 130 valence electrons. The number of nitriles is 1. The monoisotopic (exact) mass is 340 g/mol. The average molecular weight is 340 g/mol. The number of hydrogen-bond donors (Lipinski definition) is 0. The lowest BCUT2D eigenvalue weighted by Gasteiger charge is -2.22. The van der Waals surface area contributed by atoms with Gasteiger partial charge in [0.1, 0.15) is 0 Å². The van der Waals surface area contributed by atoms with E-state index in [-0.39, 0.29) is 18.1 Å². The Hall–Kier alpha value is -2.69. The molecule has 0 unspecified atom stereocenters. The molecular formula is C18H20N4O3. The molecule has 0 N–H and O–H groups in total. The first-order valence-electron chi connectivity index (χ1n) is 8.05. The van der Waals surface area contributed by atoms with Gasteiger partial charge in [-0.25, -0.2) is 4.68 Å². The van der Waals surface area contributed by atoms with Crippen molar-refractivity contribution in [1.29, 1.82) is 5.26 Å². The van der Waals surface area contributed by atoms with Gasteiger partial charge in [0.25, 0.3) is 5.91 Å². The molecule has 1 aromatic carbocycles. The average Bonchev–Trinajstić information content (AvgIpc) is 3.29. The molecule has 2 aromatic rings. The topological polar surface area (TPSA) is 80.4 Å². The Labute approximate surface area is 146 Å². The zero-order valence-corrected chi connectivity index (χ0v) is 14.3. The number of carbonyl (C=O) groups is 1. The summed E-state index contributed by atoms with van der Waals surface area (Å²) >= 11 is 0. The summed E-state index contributed by atoms with van der Waals surface area (Å²) < 4.78 is 12.2. The lowest BCUT2D eigenvalue weighted by atomic mass is 10.2. The number of methoxy groups -OCH3 is 2. The van der Waals surface area contributed by atoms with Crippen LogP contribution in [0.25, 0.3) is 5.69 Å². The summed E-state index contributed by atoms with van der Waals surface area (Å²) in [7, 11) is 3.28. The van der Waals surface area contributed by atoms with E-state index in [1.807, 2.05) is 6.07 Å². The third-order valence-corrected chi connectivity index (χ3v) is 4.38. The van der Waals surface area contributed by atoms with E-state index in [2.05, 4.69) is 11.2 Å². The number of carbonyl (C=O) groups excluding carboxylic acids is 1. The zero-order valence-electron chi connectivity index (χ0n) is 14.3. The zero-order chi connectivity index (χ0) is 17.8. The molecule has 0 saturated carbocycles. The van der Waals surface area contributed by atoms with Gasteiger partial charge in [0.05, 0.1) is 36.1 Å². The van der Waals surface area contributed by atoms with E-state index >= 15 is 0 Å². The standard InChI is InChI=1S/C18H20N4O3/c1-24-12-15-9-16(25-2)11-21(15)18(23)17-6-7-22(20-17)14-5-3-4-13(8-14)10-19/h3-8,15-16H,9,11-12H2,1-2H3/t15-,16-/m0/s1. The first-order valence-corrected chi connectivity index (χ1v) is 8.05. The number of benzene rings is 1. The Kier molecular flexibility index (Phi) is 5.12. The summed E-state index contributed by atoms with van der Waals surface area (Å²) in [6.07, 6.45) is 2.48. The minimum absolute atomic E-state index is 0.0125. The third kappa shape index (κ3) is 3.55. The summed E-state index contributed by atoms with van der Waals surface area (Å²) in [5.41, 5.74) is 1.64. The van der Waals surface area contributed by atoms with E-state index in [4.69, 9.17) is 14.7 Å². The van der Waals surface area contributed by atoms with E-state index in [0.717, 1.165) is 12.1 Å². The van der Waals surface area contributed by atoms with E-state index in [9.17, 15) is 4.79 Å². The van der Waals surface area contributed by atoms with Gasteiger partial charge in [-0.3, -0.25) is 4.79 Å². The highest BCUT2D eigenvalue weighted by Crippen LogP contribution is 2.22. The quantitative estimate of drug-likeness (QED) is 0.826. The van der Waals surface area contributed by atoms with E-state index in [1.54, 1.807) is 54.3 Å². The van der Waals surface area contributed by atoms with Crippen LogP contribution in [0.15, 0.2) is 36.5 Å². The predicted molar refractivity (Wildman–Crippen MR) is 90.4 cm³/mol. The number of rotatable bonds is 5. The van der Waals surface area contributed by atoms with Gasteiger partial charge in [0, 0.05) is 27.0 Å². The number of amides is 1. The van der Waals surface area contributed by atoms with Crippen molar-refractivity contribution < 1.29 is 14.3 Å². The SMILES string of the molecule is COC[C@@H]1C[C@H](OC)CN1C(=O)c1ccn(-c2cccc(C#N)c2)n1. The normalized spacial score (nSPS) is 19.8. The second-order valence-electron chi connectivity index (χ2n) is 5.97. The first-order chi connectivity index (χ1) is 12.2. The highest BCUT2D eigenvalue weighted by molar-refractivity contribution is 5.92. The fourth-order valence-electron chi connectivity index (χ4n) is 3.09. The number of ether oxygens (including phenoxy) is 2. The molecule has 1 aliphatic rings. The Morgan fingerprint density at radius 3 is 2.96 bits per heavy atom. The Balaban J connectivity index is 1.81. The number of nitrogens with zero attached hydrogens (tertiary/aromatic N) is 4. The van der Waals surface area contributed by atoms with Crippen molar-refractivity contribution in [2.45, 2.75) is 18.6 Å². The van der Waals surface area contributed by atoms with Crippen molar-refractivity contribution in [3.8, 4) is 11.8 Å². The van der Waals surface area contributed by atoms with E-state index < -0.39 is 0 Å². The molecular weight excluding hydrogens is 320 g/mol. The number of likely N-dealkylation sites (tertiary alicyclic amines) is 1. The molecule has 1 aromatic heterocycles. The molecule has 1 aliphatic heterocycles. The first kappa shape index (κ1) is 17.1. The van der Waals surface area contributed by atoms with Crippen LogP contribution in [-0.4, -0.2) is 60.1 Å². The molecule has 7 heteroatoms. The van der Waals surface area contributed by atoms with E-state index in [0.29, 0.717) is 24.4 Å². The number of hydrogen-bond acceptors (Lipinski definition) is 5. The molecule has 1 fully saturated rings. The van der Waals surface area contributed by atoms with Crippen LogP contribution in [0, 0.1) is 11.3 Å². The van der Waals surface area contributed by atoms with Crippen LogP contribution in [0.5, 0.6) is 0 Å². The second-order valence-corrected chi connectivity index (χ2v) is 5.97. The van der Waals surface area contributed by atoms with Crippen LogP contribution in [0.4, 0.5) is 0 Å². The van der Waals surface area contributed by atoms with Gasteiger partial charge in [-0.05, 0) is 30.7 Å².